The Balaban J connectivity index is 1.54. The number of sulfonamides is 1. The molecule has 0 amide bonds. The zero-order valence-electron chi connectivity index (χ0n) is 19.8. The van der Waals surface area contributed by atoms with Crippen LogP contribution >= 0.6 is 0 Å². The summed E-state index contributed by atoms with van der Waals surface area (Å²) in [7, 11) is -4.33. The number of benzene rings is 1. The first-order valence-corrected chi connectivity index (χ1v) is 12.8. The number of Topliss-reactive ketones (excluding diaryl/α,β-unsaturated/α-hetero) is 1. The molecule has 6 nitrogen and oxygen atoms in total. The number of pyridine rings is 2. The number of hydrogen-bond acceptors (Lipinski definition) is 5. The van der Waals surface area contributed by atoms with Gasteiger partial charge in [-0.1, -0.05) is 6.07 Å². The summed E-state index contributed by atoms with van der Waals surface area (Å²) in [4.78, 5) is 20.2. The molecule has 0 unspecified atom stereocenters. The van der Waals surface area contributed by atoms with Gasteiger partial charge in [-0.2, -0.15) is 17.5 Å². The lowest BCUT2D eigenvalue weighted by Crippen LogP contribution is -2.50. The second-order valence-corrected chi connectivity index (χ2v) is 10.9. The monoisotopic (exact) mass is 557 g/mol. The second kappa shape index (κ2) is 10.1. The fourth-order valence-electron chi connectivity index (χ4n) is 4.40. The largest absolute Gasteiger partial charge is 0.433 e. The number of aryl methyl sites for hydroxylation is 1. The molecule has 202 valence electrons. The zero-order valence-corrected chi connectivity index (χ0v) is 20.7. The summed E-state index contributed by atoms with van der Waals surface area (Å²) in [5, 5.41) is 0. The maximum Gasteiger partial charge on any atom is 0.433 e. The van der Waals surface area contributed by atoms with Gasteiger partial charge in [-0.05, 0) is 49.7 Å². The van der Waals surface area contributed by atoms with E-state index in [2.05, 4.69) is 9.97 Å². The molecule has 1 aliphatic rings. The normalized spacial score (nSPS) is 20.6. The van der Waals surface area contributed by atoms with Crippen LogP contribution in [-0.4, -0.2) is 46.7 Å². The molecular weight excluding hydrogens is 536 g/mol. The molecule has 1 fully saturated rings. The van der Waals surface area contributed by atoms with Gasteiger partial charge >= 0.3 is 6.18 Å². The summed E-state index contributed by atoms with van der Waals surface area (Å²) in [6, 6.07) is 6.97. The summed E-state index contributed by atoms with van der Waals surface area (Å²) in [5.74, 6) is -2.08. The van der Waals surface area contributed by atoms with E-state index >= 15 is 0 Å². The number of ketones is 1. The first-order valence-electron chi connectivity index (χ1n) is 11.4. The number of aromatic nitrogens is 2. The van der Waals surface area contributed by atoms with Gasteiger partial charge in [0.05, 0.1) is 16.6 Å². The molecule has 4 rings (SSSR count). The summed E-state index contributed by atoms with van der Waals surface area (Å²) in [6.07, 6.45) is -5.28. The van der Waals surface area contributed by atoms with Gasteiger partial charge in [0, 0.05) is 42.4 Å². The lowest BCUT2D eigenvalue weighted by molar-refractivity contribution is -0.141. The molecule has 0 N–H and O–H groups in total. The Morgan fingerprint density at radius 2 is 1.76 bits per heavy atom. The van der Waals surface area contributed by atoms with Crippen LogP contribution in [0.4, 0.5) is 26.3 Å². The van der Waals surface area contributed by atoms with Gasteiger partial charge in [0.25, 0.3) is 0 Å². The highest BCUT2D eigenvalue weighted by Crippen LogP contribution is 2.38. The molecule has 2 atom stereocenters. The highest BCUT2D eigenvalue weighted by Gasteiger charge is 2.52. The van der Waals surface area contributed by atoms with Crippen molar-refractivity contribution in [2.75, 3.05) is 6.54 Å². The van der Waals surface area contributed by atoms with Crippen molar-refractivity contribution in [3.05, 3.63) is 77.9 Å². The van der Waals surface area contributed by atoms with Gasteiger partial charge in [-0.15, -0.1) is 0 Å². The van der Waals surface area contributed by atoms with Crippen molar-refractivity contribution in [3.63, 3.8) is 0 Å². The highest BCUT2D eigenvalue weighted by molar-refractivity contribution is 7.89. The molecule has 3 aromatic rings. The Hall–Kier alpha value is -3.32. The van der Waals surface area contributed by atoms with Crippen molar-refractivity contribution in [2.24, 2.45) is 0 Å². The maximum absolute atomic E-state index is 14.4. The Labute approximate surface area is 214 Å². The lowest BCUT2D eigenvalue weighted by Gasteiger charge is -2.32. The smallest absolute Gasteiger partial charge is 0.298 e. The highest BCUT2D eigenvalue weighted by atomic mass is 32.2. The fraction of sp³-hybridized carbons (Fsp3) is 0.320. The van der Waals surface area contributed by atoms with Crippen molar-refractivity contribution in [3.8, 4) is 11.1 Å². The molecule has 0 saturated carbocycles. The van der Waals surface area contributed by atoms with Crippen molar-refractivity contribution in [2.45, 2.75) is 49.0 Å². The number of halogens is 6. The first-order chi connectivity index (χ1) is 17.7. The summed E-state index contributed by atoms with van der Waals surface area (Å²) >= 11 is 0. The average molecular weight is 558 g/mol. The van der Waals surface area contributed by atoms with Crippen molar-refractivity contribution < 1.29 is 39.6 Å². The molecule has 3 heterocycles. The summed E-state index contributed by atoms with van der Waals surface area (Å²) in [6.45, 7) is 0.759. The SMILES string of the molecule is C[C@]1(C(=O)CCc2cc(-c3ccc(C(F)(F)F)nc3)c(F)cn2)C[C@@H](F)CN1S(=O)(=O)c1ccc(F)cc1. The summed E-state index contributed by atoms with van der Waals surface area (Å²) < 4.78 is 108. The third-order valence-electron chi connectivity index (χ3n) is 6.42. The Morgan fingerprint density at radius 1 is 1.08 bits per heavy atom. The van der Waals surface area contributed by atoms with E-state index in [0.717, 1.165) is 47.0 Å². The molecule has 0 aliphatic carbocycles. The van der Waals surface area contributed by atoms with Crippen LogP contribution in [0, 0.1) is 11.6 Å². The van der Waals surface area contributed by atoms with E-state index in [1.54, 1.807) is 0 Å². The van der Waals surface area contributed by atoms with E-state index in [-0.39, 0.29) is 41.0 Å². The minimum atomic E-state index is -4.66. The van der Waals surface area contributed by atoms with Gasteiger partial charge in [-0.3, -0.25) is 14.8 Å². The van der Waals surface area contributed by atoms with Crippen LogP contribution in [-0.2, 0) is 27.4 Å². The van der Waals surface area contributed by atoms with Gasteiger partial charge in [0.1, 0.15) is 23.5 Å². The molecule has 2 aromatic heterocycles. The molecule has 1 saturated heterocycles. The number of carbonyl (C=O) groups excluding carboxylic acids is 1. The second-order valence-electron chi connectivity index (χ2n) is 9.07. The summed E-state index contributed by atoms with van der Waals surface area (Å²) in [5.41, 5.74) is -2.68. The van der Waals surface area contributed by atoms with Crippen molar-refractivity contribution in [1.29, 1.82) is 0 Å². The molecule has 13 heteroatoms. The van der Waals surface area contributed by atoms with E-state index in [4.69, 9.17) is 0 Å². The third kappa shape index (κ3) is 5.44. The van der Waals surface area contributed by atoms with Gasteiger partial charge < -0.3 is 0 Å². The van der Waals surface area contributed by atoms with Crippen LogP contribution in [0.2, 0.25) is 0 Å². The quantitative estimate of drug-likeness (QED) is 0.376. The molecule has 38 heavy (non-hydrogen) atoms. The van der Waals surface area contributed by atoms with Crippen LogP contribution in [0.5, 0.6) is 0 Å². The van der Waals surface area contributed by atoms with Gasteiger partial charge in [0.15, 0.2) is 5.78 Å². The van der Waals surface area contributed by atoms with E-state index in [1.165, 1.54) is 13.0 Å². The predicted molar refractivity (Wildman–Crippen MR) is 124 cm³/mol. The van der Waals surface area contributed by atoms with Crippen LogP contribution in [0.25, 0.3) is 11.1 Å². The van der Waals surface area contributed by atoms with E-state index in [1.807, 2.05) is 0 Å². The molecule has 1 aliphatic heterocycles. The fourth-order valence-corrected chi connectivity index (χ4v) is 6.20. The average Bonchev–Trinajstić information content (AvgIpc) is 3.19. The Bertz CT molecular complexity index is 1450. The topological polar surface area (TPSA) is 80.2 Å². The standard InChI is InChI=1S/C25H21F6N3O3S/c1-24(11-17(27)14-34(24)38(36,37)19-6-3-16(26)4-7-19)23(35)9-5-18-10-20(21(28)13-32-18)15-2-8-22(33-12-15)25(29,30)31/h2-4,6-8,10,12-13,17H,5,9,11,14H2,1H3/t17-,24-/m1/s1. The third-order valence-corrected chi connectivity index (χ3v) is 8.42. The number of alkyl halides is 4. The van der Waals surface area contributed by atoms with Crippen LogP contribution in [0.1, 0.15) is 31.2 Å². The molecular formula is C25H21F6N3O3S. The predicted octanol–water partition coefficient (Wildman–Crippen LogP) is 5.13. The zero-order chi connectivity index (χ0) is 27.9. The minimum Gasteiger partial charge on any atom is -0.298 e. The molecule has 0 radical (unpaired) electrons. The number of carbonyl (C=O) groups is 1. The van der Waals surface area contributed by atoms with Crippen LogP contribution < -0.4 is 0 Å². The molecule has 1 aromatic carbocycles. The van der Waals surface area contributed by atoms with E-state index in [0.29, 0.717) is 6.07 Å². The minimum absolute atomic E-state index is 0.0602. The van der Waals surface area contributed by atoms with Gasteiger partial charge in [0.2, 0.25) is 10.0 Å². The maximum atomic E-state index is 14.4. The number of rotatable bonds is 7. The van der Waals surface area contributed by atoms with Crippen molar-refractivity contribution >= 4 is 15.8 Å². The van der Waals surface area contributed by atoms with E-state index < -0.39 is 57.6 Å². The first kappa shape index (κ1) is 27.7. The van der Waals surface area contributed by atoms with Crippen molar-refractivity contribution in [1.82, 2.24) is 14.3 Å². The van der Waals surface area contributed by atoms with Gasteiger partial charge in [-0.25, -0.2) is 21.6 Å². The molecule has 0 spiro atoms. The Kier molecular flexibility index (Phi) is 7.36. The molecule has 0 bridgehead atoms. The van der Waals surface area contributed by atoms with Crippen LogP contribution in [0.15, 0.2) is 59.8 Å². The van der Waals surface area contributed by atoms with Crippen LogP contribution in [0.3, 0.4) is 0 Å². The Morgan fingerprint density at radius 3 is 2.37 bits per heavy atom. The van der Waals surface area contributed by atoms with E-state index in [9.17, 15) is 39.6 Å². The number of hydrogen-bond donors (Lipinski definition) is 0. The lowest BCUT2D eigenvalue weighted by atomic mass is 9.90. The number of nitrogens with zero attached hydrogens (tertiary/aromatic N) is 3.